The molecule has 9 heteroatoms. The fourth-order valence-electron chi connectivity index (χ4n) is 3.73. The molecule has 2 aromatic carbocycles. The van der Waals surface area contributed by atoms with Crippen LogP contribution in [0.4, 0.5) is 18.9 Å². The molecule has 1 aliphatic carbocycles. The summed E-state index contributed by atoms with van der Waals surface area (Å²) in [7, 11) is 0. The molecule has 0 bridgehead atoms. The summed E-state index contributed by atoms with van der Waals surface area (Å²) in [5.41, 5.74) is 1.99. The molecule has 0 unspecified atom stereocenters. The van der Waals surface area contributed by atoms with E-state index in [9.17, 15) is 22.8 Å². The van der Waals surface area contributed by atoms with Crippen molar-refractivity contribution in [2.24, 2.45) is 0 Å². The van der Waals surface area contributed by atoms with Gasteiger partial charge in [-0.1, -0.05) is 12.1 Å². The molecule has 0 spiro atoms. The van der Waals surface area contributed by atoms with Gasteiger partial charge in [-0.3, -0.25) is 9.59 Å². The van der Waals surface area contributed by atoms with Gasteiger partial charge in [0.05, 0.1) is 11.3 Å². The standard InChI is InChI=1S/C23H21F3N2O4/c24-23(25,26)13-27-22(30)16-6-1-3-7-18(16)28-21(29)12-31-14-9-10-20-17(11-14)15-5-2-4-8-19(15)32-20/h1,3,6-7,9-11H,2,4-5,8,12-13H2,(H,27,30)(H,28,29). The summed E-state index contributed by atoms with van der Waals surface area (Å²) >= 11 is 0. The van der Waals surface area contributed by atoms with E-state index in [0.29, 0.717) is 5.75 Å². The number of ether oxygens (including phenoxy) is 1. The fourth-order valence-corrected chi connectivity index (χ4v) is 3.73. The Morgan fingerprint density at radius 1 is 1.06 bits per heavy atom. The largest absolute Gasteiger partial charge is 0.484 e. The molecule has 0 saturated carbocycles. The Bertz CT molecular complexity index is 1150. The van der Waals surface area contributed by atoms with E-state index >= 15 is 0 Å². The minimum absolute atomic E-state index is 0.0726. The second-order valence-electron chi connectivity index (χ2n) is 7.55. The van der Waals surface area contributed by atoms with Gasteiger partial charge in [0.2, 0.25) is 0 Å². The average molecular weight is 446 g/mol. The number of halogens is 3. The molecule has 1 aliphatic rings. The Balaban J connectivity index is 1.40. The molecule has 0 fully saturated rings. The van der Waals surface area contributed by atoms with Gasteiger partial charge in [0.1, 0.15) is 23.6 Å². The third-order valence-corrected chi connectivity index (χ3v) is 5.19. The monoisotopic (exact) mass is 446 g/mol. The first-order chi connectivity index (χ1) is 15.3. The van der Waals surface area contributed by atoms with Gasteiger partial charge in [0.25, 0.3) is 11.8 Å². The number of hydrogen-bond donors (Lipinski definition) is 2. The molecule has 0 aliphatic heterocycles. The number of rotatable bonds is 6. The average Bonchev–Trinajstić information content (AvgIpc) is 3.14. The van der Waals surface area contributed by atoms with Crippen molar-refractivity contribution in [2.45, 2.75) is 31.9 Å². The van der Waals surface area contributed by atoms with E-state index in [-0.39, 0.29) is 17.9 Å². The lowest BCUT2D eigenvalue weighted by Gasteiger charge is -2.13. The second kappa shape index (κ2) is 8.94. The van der Waals surface area contributed by atoms with Gasteiger partial charge < -0.3 is 19.8 Å². The second-order valence-corrected chi connectivity index (χ2v) is 7.55. The number of aryl methyl sites for hydroxylation is 2. The van der Waals surface area contributed by atoms with Crippen molar-refractivity contribution in [3.63, 3.8) is 0 Å². The quantitative estimate of drug-likeness (QED) is 0.579. The number of carbonyl (C=O) groups is 2. The van der Waals surface area contributed by atoms with Gasteiger partial charge in [0.15, 0.2) is 6.61 Å². The Labute approximate surface area is 181 Å². The van der Waals surface area contributed by atoms with Gasteiger partial charge in [-0.15, -0.1) is 0 Å². The number of fused-ring (bicyclic) bond motifs is 3. The molecule has 168 valence electrons. The molecule has 1 aromatic heterocycles. The summed E-state index contributed by atoms with van der Waals surface area (Å²) in [6.07, 6.45) is -0.466. The predicted octanol–water partition coefficient (Wildman–Crippen LogP) is 4.62. The van der Waals surface area contributed by atoms with E-state index in [0.717, 1.165) is 42.4 Å². The molecule has 0 atom stereocenters. The maximum absolute atomic E-state index is 12.4. The fraction of sp³-hybridized carbons (Fsp3) is 0.304. The number of benzene rings is 2. The van der Waals surface area contributed by atoms with E-state index in [1.165, 1.54) is 23.8 Å². The summed E-state index contributed by atoms with van der Waals surface area (Å²) in [6, 6.07) is 11.2. The first-order valence-electron chi connectivity index (χ1n) is 10.2. The van der Waals surface area contributed by atoms with Crippen molar-refractivity contribution in [3.8, 4) is 5.75 Å². The third kappa shape index (κ3) is 5.04. The summed E-state index contributed by atoms with van der Waals surface area (Å²) in [5.74, 6) is 0.0179. The summed E-state index contributed by atoms with van der Waals surface area (Å²) in [4.78, 5) is 24.4. The van der Waals surface area contributed by atoms with Crippen LogP contribution >= 0.6 is 0 Å². The minimum Gasteiger partial charge on any atom is -0.484 e. The molecule has 1 heterocycles. The number of amides is 2. The van der Waals surface area contributed by atoms with E-state index in [1.807, 2.05) is 6.07 Å². The van der Waals surface area contributed by atoms with E-state index < -0.39 is 24.5 Å². The lowest BCUT2D eigenvalue weighted by molar-refractivity contribution is -0.123. The first-order valence-corrected chi connectivity index (χ1v) is 10.2. The molecule has 2 amide bonds. The lowest BCUT2D eigenvalue weighted by atomic mass is 9.96. The number of hydrogen-bond acceptors (Lipinski definition) is 4. The highest BCUT2D eigenvalue weighted by Gasteiger charge is 2.28. The zero-order valence-electron chi connectivity index (χ0n) is 17.1. The zero-order valence-corrected chi connectivity index (χ0v) is 17.1. The Morgan fingerprint density at radius 2 is 1.84 bits per heavy atom. The smallest absolute Gasteiger partial charge is 0.405 e. The van der Waals surface area contributed by atoms with Crippen LogP contribution in [0.15, 0.2) is 46.9 Å². The predicted molar refractivity (Wildman–Crippen MR) is 112 cm³/mol. The summed E-state index contributed by atoms with van der Waals surface area (Å²) < 4.78 is 48.6. The number of anilines is 1. The van der Waals surface area contributed by atoms with Gasteiger partial charge >= 0.3 is 6.18 Å². The Morgan fingerprint density at radius 3 is 2.66 bits per heavy atom. The molecule has 2 N–H and O–H groups in total. The molecule has 3 aromatic rings. The third-order valence-electron chi connectivity index (χ3n) is 5.19. The molecule has 32 heavy (non-hydrogen) atoms. The van der Waals surface area contributed by atoms with Crippen molar-refractivity contribution < 1.29 is 31.9 Å². The topological polar surface area (TPSA) is 80.6 Å². The summed E-state index contributed by atoms with van der Waals surface area (Å²) in [5, 5.41) is 5.29. The number of alkyl halides is 3. The van der Waals surface area contributed by atoms with Crippen LogP contribution in [0.2, 0.25) is 0 Å². The SMILES string of the molecule is O=C(COc1ccc2oc3c(c2c1)CCCC3)Nc1ccccc1C(=O)NCC(F)(F)F. The van der Waals surface area contributed by atoms with Crippen molar-refractivity contribution in [3.05, 3.63) is 59.4 Å². The van der Waals surface area contributed by atoms with Crippen LogP contribution < -0.4 is 15.4 Å². The van der Waals surface area contributed by atoms with Crippen molar-refractivity contribution >= 4 is 28.5 Å². The van der Waals surface area contributed by atoms with Crippen molar-refractivity contribution in [1.82, 2.24) is 5.32 Å². The van der Waals surface area contributed by atoms with Gasteiger partial charge in [-0.25, -0.2) is 0 Å². The van der Waals surface area contributed by atoms with Crippen LogP contribution in [0, 0.1) is 0 Å². The van der Waals surface area contributed by atoms with Crippen LogP contribution in [0.5, 0.6) is 5.75 Å². The van der Waals surface area contributed by atoms with E-state index in [1.54, 1.807) is 23.5 Å². The molecular weight excluding hydrogens is 425 g/mol. The number of furan rings is 1. The highest BCUT2D eigenvalue weighted by Crippen LogP contribution is 2.34. The number of nitrogens with one attached hydrogen (secondary N) is 2. The maximum atomic E-state index is 12.4. The molecule has 0 radical (unpaired) electrons. The van der Waals surface area contributed by atoms with Crippen LogP contribution in [0.1, 0.15) is 34.5 Å². The zero-order chi connectivity index (χ0) is 22.7. The van der Waals surface area contributed by atoms with Gasteiger partial charge in [-0.2, -0.15) is 13.2 Å². The highest BCUT2D eigenvalue weighted by molar-refractivity contribution is 6.04. The van der Waals surface area contributed by atoms with Crippen molar-refractivity contribution in [1.29, 1.82) is 0 Å². The lowest BCUT2D eigenvalue weighted by Crippen LogP contribution is -2.34. The first kappa shape index (κ1) is 21.7. The van der Waals surface area contributed by atoms with E-state index in [4.69, 9.17) is 9.15 Å². The number of para-hydroxylation sites is 1. The highest BCUT2D eigenvalue weighted by atomic mass is 19.4. The molecular formula is C23H21F3N2O4. The Kier molecular flexibility index (Phi) is 6.07. The normalized spacial score (nSPS) is 13.5. The van der Waals surface area contributed by atoms with Gasteiger partial charge in [0, 0.05) is 17.4 Å². The summed E-state index contributed by atoms with van der Waals surface area (Å²) in [6.45, 7) is -1.79. The van der Waals surface area contributed by atoms with Gasteiger partial charge in [-0.05, 0) is 49.6 Å². The maximum Gasteiger partial charge on any atom is 0.405 e. The van der Waals surface area contributed by atoms with Crippen LogP contribution in [-0.2, 0) is 17.6 Å². The molecule has 4 rings (SSSR count). The van der Waals surface area contributed by atoms with E-state index in [2.05, 4.69) is 5.32 Å². The van der Waals surface area contributed by atoms with Crippen LogP contribution in [0.25, 0.3) is 11.0 Å². The van der Waals surface area contributed by atoms with Crippen LogP contribution in [0.3, 0.4) is 0 Å². The Hall–Kier alpha value is -3.49. The molecule has 0 saturated heterocycles. The van der Waals surface area contributed by atoms with Crippen molar-refractivity contribution in [2.75, 3.05) is 18.5 Å². The number of carbonyl (C=O) groups excluding carboxylic acids is 2. The minimum atomic E-state index is -4.53. The van der Waals surface area contributed by atoms with Crippen LogP contribution in [-0.4, -0.2) is 31.1 Å². The molecule has 6 nitrogen and oxygen atoms in total.